The number of hydrogen-bond acceptors (Lipinski definition) is 2. The van der Waals surface area contributed by atoms with E-state index >= 15 is 0 Å². The molecule has 0 bridgehead atoms. The Morgan fingerprint density at radius 3 is 2.20 bits per heavy atom. The highest BCUT2D eigenvalue weighted by molar-refractivity contribution is 5.85. The van der Waals surface area contributed by atoms with Crippen LogP contribution in [0.1, 0.15) is 0 Å². The van der Waals surface area contributed by atoms with Crippen LogP contribution in [0.3, 0.4) is 0 Å². The quantitative estimate of drug-likeness (QED) is 0.502. The van der Waals surface area contributed by atoms with Crippen LogP contribution >= 0.6 is 12.4 Å². The Hall–Kier alpha value is -0.470. The van der Waals surface area contributed by atoms with Crippen LogP contribution in [-0.2, 0) is 0 Å². The summed E-state index contributed by atoms with van der Waals surface area (Å²) >= 11 is 0. The molecule has 0 aromatic carbocycles. The van der Waals surface area contributed by atoms with Crippen molar-refractivity contribution in [1.82, 2.24) is 5.32 Å². The number of alkyl halides is 3. The van der Waals surface area contributed by atoms with Crippen molar-refractivity contribution in [3.63, 3.8) is 0 Å². The molecule has 0 aliphatic heterocycles. The van der Waals surface area contributed by atoms with Crippen LogP contribution in [0, 0.1) is 11.3 Å². The van der Waals surface area contributed by atoms with Crippen LogP contribution in [0.25, 0.3) is 0 Å². The summed E-state index contributed by atoms with van der Waals surface area (Å²) in [7, 11) is 0. The fraction of sp³-hybridized carbons (Fsp3) is 0.750. The monoisotopic (exact) mass is 174 g/mol. The predicted molar refractivity (Wildman–Crippen MR) is 31.8 cm³/mol. The summed E-state index contributed by atoms with van der Waals surface area (Å²) in [6, 6.07) is 1.53. The van der Waals surface area contributed by atoms with Gasteiger partial charge in [-0.3, -0.25) is 5.32 Å². The lowest BCUT2D eigenvalue weighted by Gasteiger charge is -2.03. The molecule has 10 heavy (non-hydrogen) atoms. The molecule has 0 saturated carbocycles. The minimum Gasteiger partial charge on any atom is -0.296 e. The van der Waals surface area contributed by atoms with Crippen LogP contribution in [0.4, 0.5) is 13.2 Å². The molecule has 0 saturated heterocycles. The van der Waals surface area contributed by atoms with Gasteiger partial charge in [0, 0.05) is 0 Å². The molecule has 0 rings (SSSR count). The van der Waals surface area contributed by atoms with E-state index in [1.807, 2.05) is 5.32 Å². The fourth-order valence-electron chi connectivity index (χ4n) is 0.260. The second-order valence-electron chi connectivity index (χ2n) is 1.38. The molecule has 0 heterocycles. The molecule has 0 unspecified atom stereocenters. The van der Waals surface area contributed by atoms with Crippen LogP contribution in [0.5, 0.6) is 0 Å². The second kappa shape index (κ2) is 5.33. The third-order valence-electron chi connectivity index (χ3n) is 0.530. The zero-order chi connectivity index (χ0) is 7.33. The van der Waals surface area contributed by atoms with Crippen molar-refractivity contribution in [2.75, 3.05) is 13.1 Å². The first-order valence-electron chi connectivity index (χ1n) is 2.20. The van der Waals surface area contributed by atoms with Crippen molar-refractivity contribution in [3.8, 4) is 6.07 Å². The Morgan fingerprint density at radius 2 is 1.90 bits per heavy atom. The first-order valence-corrected chi connectivity index (χ1v) is 2.20. The van der Waals surface area contributed by atoms with E-state index in [0.29, 0.717) is 0 Å². The molecule has 1 N–H and O–H groups in total. The third-order valence-corrected chi connectivity index (χ3v) is 0.530. The van der Waals surface area contributed by atoms with Crippen molar-refractivity contribution in [2.45, 2.75) is 6.18 Å². The van der Waals surface area contributed by atoms with Crippen LogP contribution in [-0.4, -0.2) is 19.3 Å². The van der Waals surface area contributed by atoms with Gasteiger partial charge in [0.1, 0.15) is 0 Å². The van der Waals surface area contributed by atoms with E-state index in [0.717, 1.165) is 0 Å². The molecule has 0 aliphatic rings. The first-order chi connectivity index (χ1) is 4.06. The number of rotatable bonds is 2. The van der Waals surface area contributed by atoms with E-state index in [1.54, 1.807) is 0 Å². The van der Waals surface area contributed by atoms with Crippen molar-refractivity contribution >= 4 is 12.4 Å². The molecular weight excluding hydrogens is 169 g/mol. The summed E-state index contributed by atoms with van der Waals surface area (Å²) in [6.45, 7) is -1.36. The van der Waals surface area contributed by atoms with Gasteiger partial charge in [-0.2, -0.15) is 18.4 Å². The number of nitrogens with zero attached hydrogens (tertiary/aromatic N) is 1. The molecule has 0 radical (unpaired) electrons. The molecule has 0 aromatic rings. The second-order valence-corrected chi connectivity index (χ2v) is 1.38. The largest absolute Gasteiger partial charge is 0.401 e. The molecule has 0 amide bonds. The molecule has 0 spiro atoms. The number of halogens is 4. The molecule has 0 atom stereocenters. The Morgan fingerprint density at radius 1 is 1.40 bits per heavy atom. The van der Waals surface area contributed by atoms with Crippen LogP contribution in [0.2, 0.25) is 0 Å². The SMILES string of the molecule is Cl.N#CCNCC(F)(F)F. The topological polar surface area (TPSA) is 35.8 Å². The average molecular weight is 175 g/mol. The van der Waals surface area contributed by atoms with Gasteiger partial charge in [-0.25, -0.2) is 0 Å². The normalized spacial score (nSPS) is 9.80. The van der Waals surface area contributed by atoms with Crippen molar-refractivity contribution < 1.29 is 13.2 Å². The van der Waals surface area contributed by atoms with Gasteiger partial charge in [0.25, 0.3) is 0 Å². The molecule has 0 aliphatic carbocycles. The van der Waals surface area contributed by atoms with E-state index in [4.69, 9.17) is 5.26 Å². The predicted octanol–water partition coefficient (Wildman–Crippen LogP) is 1.08. The van der Waals surface area contributed by atoms with Gasteiger partial charge < -0.3 is 0 Å². The Bertz CT molecular complexity index is 117. The zero-order valence-electron chi connectivity index (χ0n) is 4.90. The number of hydrogen-bond donors (Lipinski definition) is 1. The standard InChI is InChI=1S/C4H5F3N2.ClH/c5-4(6,7)3-9-2-1-8;/h9H,2-3H2;1H. The highest BCUT2D eigenvalue weighted by atomic mass is 35.5. The molecule has 2 nitrogen and oxygen atoms in total. The van der Waals surface area contributed by atoms with Crippen molar-refractivity contribution in [2.24, 2.45) is 0 Å². The highest BCUT2D eigenvalue weighted by Gasteiger charge is 2.25. The first kappa shape index (κ1) is 12.2. The summed E-state index contributed by atoms with van der Waals surface area (Å²) in [5.74, 6) is 0. The van der Waals surface area contributed by atoms with Gasteiger partial charge in [-0.1, -0.05) is 0 Å². The van der Waals surface area contributed by atoms with Gasteiger partial charge in [0.15, 0.2) is 0 Å². The van der Waals surface area contributed by atoms with Gasteiger partial charge in [0.2, 0.25) is 0 Å². The molecule has 0 fully saturated rings. The minimum absolute atomic E-state index is 0. The maximum atomic E-state index is 11.2. The Kier molecular flexibility index (Phi) is 6.51. The van der Waals surface area contributed by atoms with Crippen LogP contribution in [0.15, 0.2) is 0 Å². The van der Waals surface area contributed by atoms with E-state index < -0.39 is 12.7 Å². The maximum Gasteiger partial charge on any atom is 0.401 e. The van der Waals surface area contributed by atoms with E-state index in [1.165, 1.54) is 6.07 Å². The highest BCUT2D eigenvalue weighted by Crippen LogP contribution is 2.11. The average Bonchev–Trinajstić information content (AvgIpc) is 1.63. The number of nitrogens with one attached hydrogen (secondary N) is 1. The maximum absolute atomic E-state index is 11.2. The van der Waals surface area contributed by atoms with Gasteiger partial charge in [-0.05, 0) is 0 Å². The van der Waals surface area contributed by atoms with Gasteiger partial charge in [-0.15, -0.1) is 12.4 Å². The van der Waals surface area contributed by atoms with Crippen molar-refractivity contribution in [1.29, 1.82) is 5.26 Å². The summed E-state index contributed by atoms with van der Waals surface area (Å²) in [4.78, 5) is 0. The van der Waals surface area contributed by atoms with E-state index in [-0.39, 0.29) is 19.0 Å². The summed E-state index contributed by atoms with van der Waals surface area (Å²) < 4.78 is 33.6. The third kappa shape index (κ3) is 10.5. The van der Waals surface area contributed by atoms with Gasteiger partial charge in [0.05, 0.1) is 19.2 Å². The fourth-order valence-corrected chi connectivity index (χ4v) is 0.260. The lowest BCUT2D eigenvalue weighted by molar-refractivity contribution is -0.124. The summed E-state index contributed by atoms with van der Waals surface area (Å²) in [6.07, 6.45) is -4.21. The lowest BCUT2D eigenvalue weighted by Crippen LogP contribution is -2.28. The van der Waals surface area contributed by atoms with E-state index in [9.17, 15) is 13.2 Å². The Balaban J connectivity index is 0. The summed E-state index contributed by atoms with van der Waals surface area (Å²) in [5, 5.41) is 9.67. The number of nitriles is 1. The molecule has 60 valence electrons. The lowest BCUT2D eigenvalue weighted by atomic mass is 10.6. The smallest absolute Gasteiger partial charge is 0.296 e. The summed E-state index contributed by atoms with van der Waals surface area (Å²) in [5.41, 5.74) is 0. The molecular formula is C4H6ClF3N2. The minimum atomic E-state index is -4.21. The Labute approximate surface area is 62.4 Å². The van der Waals surface area contributed by atoms with Crippen LogP contribution < -0.4 is 5.32 Å². The van der Waals surface area contributed by atoms with Crippen molar-refractivity contribution in [3.05, 3.63) is 0 Å². The molecule has 0 aromatic heterocycles. The zero-order valence-corrected chi connectivity index (χ0v) is 5.72. The molecule has 6 heteroatoms. The van der Waals surface area contributed by atoms with Gasteiger partial charge >= 0.3 is 6.18 Å². The van der Waals surface area contributed by atoms with E-state index in [2.05, 4.69) is 0 Å².